The van der Waals surface area contributed by atoms with Gasteiger partial charge in [0.05, 0.1) is 11.8 Å². The summed E-state index contributed by atoms with van der Waals surface area (Å²) in [6, 6.07) is 3.86. The first kappa shape index (κ1) is 34.0. The lowest BCUT2D eigenvalue weighted by Gasteiger charge is -2.54. The number of rotatable bonds is 10. The fourth-order valence-electron chi connectivity index (χ4n) is 7.65. The predicted octanol–water partition coefficient (Wildman–Crippen LogP) is 3.17. The van der Waals surface area contributed by atoms with Crippen LogP contribution in [0.5, 0.6) is 11.5 Å². The molecular formula is C33H49FN8O4S. The molecule has 4 fully saturated rings. The monoisotopic (exact) mass is 672 g/mol. The molecule has 0 aliphatic carbocycles. The van der Waals surface area contributed by atoms with Crippen LogP contribution < -0.4 is 15.4 Å². The molecule has 0 atom stereocenters. The Labute approximate surface area is 278 Å². The van der Waals surface area contributed by atoms with E-state index >= 15 is 0 Å². The number of hydrogen-bond acceptors (Lipinski definition) is 9. The molecule has 6 rings (SSSR count). The van der Waals surface area contributed by atoms with Gasteiger partial charge in [-0.2, -0.15) is 17.0 Å². The lowest BCUT2D eigenvalue weighted by atomic mass is 9.72. The number of nitrogens with two attached hydrogens (primary N) is 1. The molecule has 14 heteroatoms. The Hall–Kier alpha value is -2.91. The van der Waals surface area contributed by atoms with E-state index in [1.165, 1.54) is 28.8 Å². The van der Waals surface area contributed by atoms with E-state index in [0.29, 0.717) is 43.7 Å². The van der Waals surface area contributed by atoms with Crippen LogP contribution in [0.15, 0.2) is 30.7 Å². The van der Waals surface area contributed by atoms with Gasteiger partial charge in [-0.1, -0.05) is 0 Å². The van der Waals surface area contributed by atoms with Crippen molar-refractivity contribution in [3.63, 3.8) is 0 Å². The third kappa shape index (κ3) is 7.12. The molecule has 0 radical (unpaired) electrons. The van der Waals surface area contributed by atoms with Gasteiger partial charge in [-0.05, 0) is 90.6 Å². The van der Waals surface area contributed by atoms with Gasteiger partial charge in [0.1, 0.15) is 17.9 Å². The summed E-state index contributed by atoms with van der Waals surface area (Å²) in [6.45, 7) is 14.5. The van der Waals surface area contributed by atoms with E-state index in [1.807, 2.05) is 27.7 Å². The van der Waals surface area contributed by atoms with E-state index < -0.39 is 16.0 Å². The van der Waals surface area contributed by atoms with Crippen molar-refractivity contribution in [3.05, 3.63) is 42.1 Å². The largest absolute Gasteiger partial charge is 0.451 e. The Morgan fingerprint density at radius 3 is 2.32 bits per heavy atom. The summed E-state index contributed by atoms with van der Waals surface area (Å²) < 4.78 is 49.4. The molecule has 1 aromatic carbocycles. The summed E-state index contributed by atoms with van der Waals surface area (Å²) in [5.41, 5.74) is 6.18. The quantitative estimate of drug-likeness (QED) is 0.405. The maximum Gasteiger partial charge on any atom is 0.282 e. The number of hydrogen-bond donors (Lipinski definition) is 1. The first-order valence-electron chi connectivity index (χ1n) is 16.9. The molecule has 1 amide bonds. The van der Waals surface area contributed by atoms with E-state index in [0.717, 1.165) is 58.4 Å². The zero-order chi connectivity index (χ0) is 33.5. The van der Waals surface area contributed by atoms with E-state index in [1.54, 1.807) is 15.4 Å². The van der Waals surface area contributed by atoms with Gasteiger partial charge in [0.15, 0.2) is 11.6 Å². The molecule has 0 bridgehead atoms. The van der Waals surface area contributed by atoms with Crippen molar-refractivity contribution in [1.82, 2.24) is 28.4 Å². The second-order valence-electron chi connectivity index (χ2n) is 14.4. The number of carbonyl (C=O) groups is 1. The Bertz CT molecular complexity index is 1520. The molecule has 4 aliphatic heterocycles. The average molecular weight is 673 g/mol. The van der Waals surface area contributed by atoms with Crippen molar-refractivity contribution >= 4 is 21.9 Å². The third-order valence-electron chi connectivity index (χ3n) is 10.3. The number of carbonyl (C=O) groups excluding carboxylic acids is 1. The zero-order valence-electron chi connectivity index (χ0n) is 28.0. The van der Waals surface area contributed by atoms with Crippen LogP contribution in [-0.4, -0.2) is 120 Å². The van der Waals surface area contributed by atoms with Crippen molar-refractivity contribution in [2.24, 2.45) is 17.1 Å². The highest BCUT2D eigenvalue weighted by molar-refractivity contribution is 7.86. The smallest absolute Gasteiger partial charge is 0.282 e. The van der Waals surface area contributed by atoms with Crippen LogP contribution in [0.4, 0.5) is 10.2 Å². The highest BCUT2D eigenvalue weighted by Gasteiger charge is 2.46. The summed E-state index contributed by atoms with van der Waals surface area (Å²) in [7, 11) is -3.37. The van der Waals surface area contributed by atoms with Gasteiger partial charge in [-0.25, -0.2) is 14.4 Å². The normalized spacial score (nSPS) is 21.7. The number of halogens is 1. The fourth-order valence-corrected chi connectivity index (χ4v) is 9.41. The Balaban J connectivity index is 1.03. The van der Waals surface area contributed by atoms with Gasteiger partial charge in [0.2, 0.25) is 0 Å². The van der Waals surface area contributed by atoms with Crippen molar-refractivity contribution in [2.45, 2.75) is 71.5 Å². The van der Waals surface area contributed by atoms with Crippen LogP contribution in [-0.2, 0) is 10.2 Å². The molecule has 4 saturated heterocycles. The molecule has 0 saturated carbocycles. The zero-order valence-corrected chi connectivity index (χ0v) is 28.8. The molecular weight excluding hydrogens is 623 g/mol. The number of piperidine rings is 2. The van der Waals surface area contributed by atoms with Crippen LogP contribution in [0.1, 0.15) is 63.7 Å². The number of likely N-dealkylation sites (tertiary alicyclic amines) is 1. The molecule has 1 spiro atoms. The second-order valence-corrected chi connectivity index (χ2v) is 16.4. The summed E-state index contributed by atoms with van der Waals surface area (Å²) in [5.74, 6) is 1.10. The van der Waals surface area contributed by atoms with Crippen molar-refractivity contribution < 1.29 is 22.3 Å². The molecule has 5 heterocycles. The first-order chi connectivity index (χ1) is 22.3. The molecule has 2 aromatic rings. The van der Waals surface area contributed by atoms with Crippen LogP contribution >= 0.6 is 0 Å². The minimum absolute atomic E-state index is 0.0406. The van der Waals surface area contributed by atoms with Gasteiger partial charge in [0, 0.05) is 69.4 Å². The first-order valence-corrected chi connectivity index (χ1v) is 18.3. The predicted molar refractivity (Wildman–Crippen MR) is 178 cm³/mol. The van der Waals surface area contributed by atoms with Crippen molar-refractivity contribution in [2.75, 3.05) is 63.8 Å². The van der Waals surface area contributed by atoms with Crippen LogP contribution in [0.25, 0.3) is 0 Å². The van der Waals surface area contributed by atoms with E-state index in [4.69, 9.17) is 10.5 Å². The SMILES string of the molecule is CC(C)N(C(=O)c1cc(F)ccc1Oc1cncnc1N1CC2(CCN(CC3CCN(S(=O)(=O)N4CC(N)C4)CC3)CC2)C1)C(C)C. The number of ether oxygens (including phenoxy) is 1. The van der Waals surface area contributed by atoms with Gasteiger partial charge < -0.3 is 25.2 Å². The van der Waals surface area contributed by atoms with Gasteiger partial charge in [-0.3, -0.25) is 4.79 Å². The Morgan fingerprint density at radius 1 is 1.04 bits per heavy atom. The second kappa shape index (κ2) is 13.5. The Kier molecular flexibility index (Phi) is 9.79. The summed E-state index contributed by atoms with van der Waals surface area (Å²) in [4.78, 5) is 28.7. The number of anilines is 1. The number of aromatic nitrogens is 2. The topological polar surface area (TPSA) is 128 Å². The summed E-state index contributed by atoms with van der Waals surface area (Å²) >= 11 is 0. The number of nitrogens with zero attached hydrogens (tertiary/aromatic N) is 7. The van der Waals surface area contributed by atoms with E-state index in [9.17, 15) is 17.6 Å². The third-order valence-corrected chi connectivity index (χ3v) is 12.3. The minimum Gasteiger partial charge on any atom is -0.451 e. The van der Waals surface area contributed by atoms with Crippen LogP contribution in [0.3, 0.4) is 0 Å². The Morgan fingerprint density at radius 2 is 1.70 bits per heavy atom. The highest BCUT2D eigenvalue weighted by Crippen LogP contribution is 2.45. The molecule has 0 unspecified atom stereocenters. The summed E-state index contributed by atoms with van der Waals surface area (Å²) in [5, 5.41) is 0. The standard InChI is InChI=1S/C33H49FN8O4S/c1-23(2)42(24(3)4)32(43)28-15-26(34)5-6-29(28)46-30-16-36-22-37-31(30)39-20-33(21-39)9-13-38(14-10-33)17-25-7-11-40(12-8-25)47(44,45)41-18-27(35)19-41/h5-6,15-16,22-25,27H,7-14,17-21,35H2,1-4H3. The van der Waals surface area contributed by atoms with Gasteiger partial charge >= 0.3 is 0 Å². The summed E-state index contributed by atoms with van der Waals surface area (Å²) in [6.07, 6.45) is 7.05. The van der Waals surface area contributed by atoms with E-state index in [2.05, 4.69) is 19.8 Å². The number of amides is 1. The van der Waals surface area contributed by atoms with Gasteiger partial charge in [-0.15, -0.1) is 0 Å². The van der Waals surface area contributed by atoms with Crippen molar-refractivity contribution in [3.8, 4) is 11.5 Å². The minimum atomic E-state index is -3.37. The molecule has 47 heavy (non-hydrogen) atoms. The van der Waals surface area contributed by atoms with E-state index in [-0.39, 0.29) is 40.8 Å². The lowest BCUT2D eigenvalue weighted by molar-refractivity contribution is 0.0606. The number of benzene rings is 1. The lowest BCUT2D eigenvalue weighted by Crippen LogP contribution is -2.62. The highest BCUT2D eigenvalue weighted by atomic mass is 32.2. The van der Waals surface area contributed by atoms with Crippen LogP contribution in [0.2, 0.25) is 0 Å². The molecule has 12 nitrogen and oxygen atoms in total. The maximum atomic E-state index is 14.4. The molecule has 1 aromatic heterocycles. The van der Waals surface area contributed by atoms with Crippen LogP contribution in [0, 0.1) is 17.2 Å². The maximum absolute atomic E-state index is 14.4. The molecule has 258 valence electrons. The fraction of sp³-hybridized carbons (Fsp3) is 0.667. The van der Waals surface area contributed by atoms with Gasteiger partial charge in [0.25, 0.3) is 16.1 Å². The van der Waals surface area contributed by atoms with Crippen molar-refractivity contribution in [1.29, 1.82) is 0 Å². The molecule has 2 N–H and O–H groups in total. The molecule has 4 aliphatic rings. The average Bonchev–Trinajstić information content (AvgIpc) is 3.00.